The molecule has 1 amide bonds. The largest absolute Gasteiger partial charge is 0.438 e. The van der Waals surface area contributed by atoms with Crippen molar-refractivity contribution in [3.63, 3.8) is 0 Å². The number of hydrogen-bond acceptors (Lipinski definition) is 4. The molecule has 3 N–H and O–H groups in total. The molecule has 0 bridgehead atoms. The standard InChI is InChI=1S/C15H17N3O2/c1-10(18-14(19)15(16)7-8-15)13-17-9-12(20-13)11-5-3-2-4-6-11/h2-6,9-10H,7-8,16H2,1H3,(H,18,19). The van der Waals surface area contributed by atoms with Crippen LogP contribution in [-0.4, -0.2) is 16.4 Å². The molecule has 1 unspecified atom stereocenters. The summed E-state index contributed by atoms with van der Waals surface area (Å²) in [7, 11) is 0. The molecule has 3 rings (SSSR count). The Morgan fingerprint density at radius 2 is 2.10 bits per heavy atom. The smallest absolute Gasteiger partial charge is 0.240 e. The maximum atomic E-state index is 11.9. The monoisotopic (exact) mass is 271 g/mol. The van der Waals surface area contributed by atoms with Gasteiger partial charge in [-0.1, -0.05) is 30.3 Å². The highest BCUT2D eigenvalue weighted by Crippen LogP contribution is 2.33. The molecule has 1 fully saturated rings. The van der Waals surface area contributed by atoms with Crippen molar-refractivity contribution in [1.29, 1.82) is 0 Å². The molecule has 0 radical (unpaired) electrons. The lowest BCUT2D eigenvalue weighted by molar-refractivity contribution is -0.124. The normalized spacial score (nSPS) is 17.5. The van der Waals surface area contributed by atoms with Gasteiger partial charge in [0.1, 0.15) is 6.04 Å². The Hall–Kier alpha value is -2.14. The lowest BCUT2D eigenvalue weighted by Crippen LogP contribution is -2.43. The number of hydrogen-bond donors (Lipinski definition) is 2. The molecular formula is C15H17N3O2. The minimum Gasteiger partial charge on any atom is -0.438 e. The van der Waals surface area contributed by atoms with Crippen LogP contribution in [0.1, 0.15) is 31.7 Å². The second-order valence-corrected chi connectivity index (χ2v) is 5.28. The predicted molar refractivity (Wildman–Crippen MR) is 74.6 cm³/mol. The van der Waals surface area contributed by atoms with Gasteiger partial charge in [0, 0.05) is 5.56 Å². The first-order chi connectivity index (χ1) is 9.58. The van der Waals surface area contributed by atoms with Gasteiger partial charge in [-0.2, -0.15) is 0 Å². The Kier molecular flexibility index (Phi) is 3.06. The molecule has 1 atom stereocenters. The van der Waals surface area contributed by atoms with Gasteiger partial charge < -0.3 is 15.5 Å². The Labute approximate surface area is 117 Å². The quantitative estimate of drug-likeness (QED) is 0.891. The summed E-state index contributed by atoms with van der Waals surface area (Å²) < 4.78 is 5.70. The summed E-state index contributed by atoms with van der Waals surface area (Å²) in [5.41, 5.74) is 6.13. The second kappa shape index (κ2) is 4.76. The lowest BCUT2D eigenvalue weighted by atomic mass is 10.2. The van der Waals surface area contributed by atoms with Crippen molar-refractivity contribution in [2.75, 3.05) is 0 Å². The van der Waals surface area contributed by atoms with Crippen molar-refractivity contribution in [3.8, 4) is 11.3 Å². The van der Waals surface area contributed by atoms with Crippen LogP contribution in [0.2, 0.25) is 0 Å². The molecule has 0 saturated heterocycles. The minimum atomic E-state index is -0.677. The average molecular weight is 271 g/mol. The molecule has 5 nitrogen and oxygen atoms in total. The first kappa shape index (κ1) is 12.9. The summed E-state index contributed by atoms with van der Waals surface area (Å²) in [4.78, 5) is 16.1. The van der Waals surface area contributed by atoms with Crippen LogP contribution in [0.5, 0.6) is 0 Å². The topological polar surface area (TPSA) is 81.2 Å². The van der Waals surface area contributed by atoms with Crippen LogP contribution in [0.3, 0.4) is 0 Å². The fourth-order valence-electron chi connectivity index (χ4n) is 1.99. The van der Waals surface area contributed by atoms with E-state index >= 15 is 0 Å². The Balaban J connectivity index is 1.72. The summed E-state index contributed by atoms with van der Waals surface area (Å²) in [6, 6.07) is 9.43. The van der Waals surface area contributed by atoms with Gasteiger partial charge in [-0.3, -0.25) is 4.79 Å². The SMILES string of the molecule is CC(NC(=O)C1(N)CC1)c1ncc(-c2ccccc2)o1. The molecular weight excluding hydrogens is 254 g/mol. The number of carbonyl (C=O) groups is 1. The fraction of sp³-hybridized carbons (Fsp3) is 0.333. The van der Waals surface area contributed by atoms with Gasteiger partial charge in [0.15, 0.2) is 5.76 Å². The highest BCUT2D eigenvalue weighted by Gasteiger charge is 2.46. The molecule has 1 heterocycles. The summed E-state index contributed by atoms with van der Waals surface area (Å²) >= 11 is 0. The number of carbonyl (C=O) groups excluding carboxylic acids is 1. The average Bonchev–Trinajstić information content (AvgIpc) is 3.04. The number of aromatic nitrogens is 1. The zero-order valence-electron chi connectivity index (χ0n) is 11.3. The number of rotatable bonds is 4. The van der Waals surface area contributed by atoms with Gasteiger partial charge in [0.05, 0.1) is 11.7 Å². The predicted octanol–water partition coefficient (Wildman–Crippen LogP) is 2.01. The third-order valence-corrected chi connectivity index (χ3v) is 3.54. The van der Waals surface area contributed by atoms with E-state index in [0.717, 1.165) is 18.4 Å². The third kappa shape index (κ3) is 2.44. The Morgan fingerprint density at radius 3 is 2.75 bits per heavy atom. The van der Waals surface area contributed by atoms with Gasteiger partial charge in [0.25, 0.3) is 0 Å². The van der Waals surface area contributed by atoms with E-state index in [9.17, 15) is 4.79 Å². The van der Waals surface area contributed by atoms with Gasteiger partial charge >= 0.3 is 0 Å². The summed E-state index contributed by atoms with van der Waals surface area (Å²) in [5, 5.41) is 2.84. The Bertz CT molecular complexity index is 617. The fourth-order valence-corrected chi connectivity index (χ4v) is 1.99. The molecule has 1 aromatic heterocycles. The van der Waals surface area contributed by atoms with Crippen LogP contribution in [-0.2, 0) is 4.79 Å². The molecule has 1 aliphatic carbocycles. The maximum absolute atomic E-state index is 11.9. The van der Waals surface area contributed by atoms with Crippen molar-refractivity contribution in [2.45, 2.75) is 31.3 Å². The van der Waals surface area contributed by atoms with Crippen LogP contribution in [0.4, 0.5) is 0 Å². The van der Waals surface area contributed by atoms with Crippen LogP contribution < -0.4 is 11.1 Å². The molecule has 0 aliphatic heterocycles. The van der Waals surface area contributed by atoms with E-state index in [1.54, 1.807) is 6.20 Å². The van der Waals surface area contributed by atoms with E-state index in [1.165, 1.54) is 0 Å². The first-order valence-corrected chi connectivity index (χ1v) is 6.69. The first-order valence-electron chi connectivity index (χ1n) is 6.69. The molecule has 20 heavy (non-hydrogen) atoms. The number of amides is 1. The van der Waals surface area contributed by atoms with Crippen LogP contribution in [0.25, 0.3) is 11.3 Å². The number of nitrogens with zero attached hydrogens (tertiary/aromatic N) is 1. The van der Waals surface area contributed by atoms with Crippen LogP contribution in [0.15, 0.2) is 40.9 Å². The highest BCUT2D eigenvalue weighted by atomic mass is 16.4. The van der Waals surface area contributed by atoms with Crippen molar-refractivity contribution in [1.82, 2.24) is 10.3 Å². The van der Waals surface area contributed by atoms with Crippen LogP contribution >= 0.6 is 0 Å². The van der Waals surface area contributed by atoms with E-state index in [2.05, 4.69) is 10.3 Å². The molecule has 1 aromatic carbocycles. The summed E-state index contributed by atoms with van der Waals surface area (Å²) in [6.07, 6.45) is 3.15. The van der Waals surface area contributed by atoms with Gasteiger partial charge in [0.2, 0.25) is 11.8 Å². The van der Waals surface area contributed by atoms with E-state index in [1.807, 2.05) is 37.3 Å². The van der Waals surface area contributed by atoms with E-state index in [4.69, 9.17) is 10.2 Å². The zero-order chi connectivity index (χ0) is 14.2. The van der Waals surface area contributed by atoms with Gasteiger partial charge in [-0.15, -0.1) is 0 Å². The molecule has 0 spiro atoms. The molecule has 1 saturated carbocycles. The minimum absolute atomic E-state index is 0.135. The van der Waals surface area contributed by atoms with Crippen molar-refractivity contribution in [3.05, 3.63) is 42.4 Å². The molecule has 1 aliphatic rings. The second-order valence-electron chi connectivity index (χ2n) is 5.28. The number of benzene rings is 1. The van der Waals surface area contributed by atoms with E-state index < -0.39 is 5.54 Å². The number of nitrogens with two attached hydrogens (primary N) is 1. The number of oxazole rings is 1. The third-order valence-electron chi connectivity index (χ3n) is 3.54. The van der Waals surface area contributed by atoms with Crippen molar-refractivity contribution >= 4 is 5.91 Å². The molecule has 5 heteroatoms. The lowest BCUT2D eigenvalue weighted by Gasteiger charge is -2.14. The van der Waals surface area contributed by atoms with Gasteiger partial charge in [-0.25, -0.2) is 4.98 Å². The van der Waals surface area contributed by atoms with Crippen molar-refractivity contribution < 1.29 is 9.21 Å². The van der Waals surface area contributed by atoms with E-state index in [-0.39, 0.29) is 11.9 Å². The van der Waals surface area contributed by atoms with Crippen molar-refractivity contribution in [2.24, 2.45) is 5.73 Å². The summed E-state index contributed by atoms with van der Waals surface area (Å²) in [5.74, 6) is 1.04. The highest BCUT2D eigenvalue weighted by molar-refractivity contribution is 5.89. The number of nitrogens with one attached hydrogen (secondary N) is 1. The van der Waals surface area contributed by atoms with Crippen LogP contribution in [0, 0.1) is 0 Å². The molecule has 2 aromatic rings. The Morgan fingerprint density at radius 1 is 1.40 bits per heavy atom. The maximum Gasteiger partial charge on any atom is 0.240 e. The van der Waals surface area contributed by atoms with Gasteiger partial charge in [-0.05, 0) is 19.8 Å². The summed E-state index contributed by atoms with van der Waals surface area (Å²) in [6.45, 7) is 1.84. The zero-order valence-corrected chi connectivity index (χ0v) is 11.3. The molecule has 104 valence electrons. The van der Waals surface area contributed by atoms with E-state index in [0.29, 0.717) is 11.7 Å².